The average molecular weight is 300 g/mol. The van der Waals surface area contributed by atoms with E-state index in [1.54, 1.807) is 23.3 Å². The van der Waals surface area contributed by atoms with Gasteiger partial charge in [0.1, 0.15) is 12.4 Å². The van der Waals surface area contributed by atoms with Crippen LogP contribution in [0.15, 0.2) is 29.7 Å². The first-order chi connectivity index (χ1) is 10.3. The molecule has 2 aromatic rings. The summed E-state index contributed by atoms with van der Waals surface area (Å²) in [5.41, 5.74) is 1.66. The highest BCUT2D eigenvalue weighted by Crippen LogP contribution is 2.37. The van der Waals surface area contributed by atoms with Crippen LogP contribution in [0.4, 0.5) is 0 Å². The van der Waals surface area contributed by atoms with E-state index < -0.39 is 0 Å². The minimum atomic E-state index is -0.217. The van der Waals surface area contributed by atoms with E-state index in [2.05, 4.69) is 9.97 Å². The molecular formula is C15H16N4OS. The standard InChI is InChI=1S/C15H16N4OS/c16-7-12-14(9-20)19(10-18-12)13-8-17-6-5-15(13)21-11-3-1-2-4-11/h5-6,8,10-11,20H,1-4,9H2. The summed E-state index contributed by atoms with van der Waals surface area (Å²) in [6.45, 7) is -0.217. The van der Waals surface area contributed by atoms with Crippen LogP contribution in [0.1, 0.15) is 37.1 Å². The fourth-order valence-electron chi connectivity index (χ4n) is 2.67. The Morgan fingerprint density at radius 2 is 2.24 bits per heavy atom. The fraction of sp³-hybridized carbons (Fsp3) is 0.400. The zero-order valence-electron chi connectivity index (χ0n) is 11.6. The second-order valence-corrected chi connectivity index (χ2v) is 6.39. The molecule has 1 aliphatic rings. The third kappa shape index (κ3) is 2.80. The van der Waals surface area contributed by atoms with E-state index in [4.69, 9.17) is 5.26 Å². The third-order valence-corrected chi connectivity index (χ3v) is 5.14. The van der Waals surface area contributed by atoms with Gasteiger partial charge in [0.05, 0.1) is 24.2 Å². The lowest BCUT2D eigenvalue weighted by molar-refractivity contribution is 0.274. The van der Waals surface area contributed by atoms with E-state index in [1.807, 2.05) is 23.9 Å². The Bertz CT molecular complexity index is 671. The summed E-state index contributed by atoms with van der Waals surface area (Å²) >= 11 is 1.86. The van der Waals surface area contributed by atoms with Crippen molar-refractivity contribution in [3.05, 3.63) is 36.2 Å². The van der Waals surface area contributed by atoms with Gasteiger partial charge in [-0.15, -0.1) is 11.8 Å². The van der Waals surface area contributed by atoms with Gasteiger partial charge in [-0.05, 0) is 18.9 Å². The number of aromatic nitrogens is 3. The van der Waals surface area contributed by atoms with Crippen LogP contribution in [0, 0.1) is 11.3 Å². The van der Waals surface area contributed by atoms with Gasteiger partial charge in [-0.2, -0.15) is 5.26 Å². The minimum absolute atomic E-state index is 0.217. The van der Waals surface area contributed by atoms with Gasteiger partial charge in [0.25, 0.3) is 0 Å². The van der Waals surface area contributed by atoms with Gasteiger partial charge < -0.3 is 5.11 Å². The smallest absolute Gasteiger partial charge is 0.164 e. The molecular weight excluding hydrogens is 284 g/mol. The molecule has 6 heteroatoms. The molecule has 21 heavy (non-hydrogen) atoms. The molecule has 1 saturated carbocycles. The zero-order valence-corrected chi connectivity index (χ0v) is 12.4. The van der Waals surface area contributed by atoms with Gasteiger partial charge in [0.2, 0.25) is 0 Å². The molecule has 1 fully saturated rings. The summed E-state index contributed by atoms with van der Waals surface area (Å²) in [5, 5.41) is 19.2. The number of imidazole rings is 1. The van der Waals surface area contributed by atoms with E-state index in [0.29, 0.717) is 10.9 Å². The first-order valence-corrected chi connectivity index (χ1v) is 7.89. The van der Waals surface area contributed by atoms with Crippen molar-refractivity contribution in [2.75, 3.05) is 0 Å². The summed E-state index contributed by atoms with van der Waals surface area (Å²) in [7, 11) is 0. The molecule has 0 aromatic carbocycles. The zero-order chi connectivity index (χ0) is 14.7. The van der Waals surface area contributed by atoms with E-state index in [-0.39, 0.29) is 12.3 Å². The maximum absolute atomic E-state index is 9.52. The highest BCUT2D eigenvalue weighted by atomic mass is 32.2. The molecule has 0 radical (unpaired) electrons. The number of aliphatic hydroxyl groups excluding tert-OH is 1. The molecule has 1 N–H and O–H groups in total. The van der Waals surface area contributed by atoms with Crippen LogP contribution in [-0.4, -0.2) is 24.9 Å². The van der Waals surface area contributed by atoms with Crippen LogP contribution in [0.2, 0.25) is 0 Å². The van der Waals surface area contributed by atoms with Crippen LogP contribution < -0.4 is 0 Å². The van der Waals surface area contributed by atoms with E-state index >= 15 is 0 Å². The number of pyridine rings is 1. The van der Waals surface area contributed by atoms with Crippen molar-refractivity contribution in [2.24, 2.45) is 0 Å². The van der Waals surface area contributed by atoms with Crippen molar-refractivity contribution < 1.29 is 5.11 Å². The Labute approximate surface area is 127 Å². The second-order valence-electron chi connectivity index (χ2n) is 5.05. The van der Waals surface area contributed by atoms with Gasteiger partial charge in [0, 0.05) is 16.3 Å². The minimum Gasteiger partial charge on any atom is -0.390 e. The first kappa shape index (κ1) is 14.1. The van der Waals surface area contributed by atoms with Gasteiger partial charge in [-0.3, -0.25) is 9.55 Å². The Balaban J connectivity index is 1.98. The normalized spacial score (nSPS) is 15.2. The number of thioether (sulfide) groups is 1. The van der Waals surface area contributed by atoms with Crippen LogP contribution >= 0.6 is 11.8 Å². The van der Waals surface area contributed by atoms with Crippen molar-refractivity contribution in [1.29, 1.82) is 5.26 Å². The van der Waals surface area contributed by atoms with Gasteiger partial charge in [0.15, 0.2) is 5.69 Å². The number of nitriles is 1. The van der Waals surface area contributed by atoms with E-state index in [1.165, 1.54) is 25.7 Å². The predicted octanol–water partition coefficient (Wildman–Crippen LogP) is 2.67. The summed E-state index contributed by atoms with van der Waals surface area (Å²) in [4.78, 5) is 9.36. The number of nitrogens with zero attached hydrogens (tertiary/aromatic N) is 4. The largest absolute Gasteiger partial charge is 0.390 e. The van der Waals surface area contributed by atoms with Crippen molar-refractivity contribution in [3.63, 3.8) is 0 Å². The molecule has 0 saturated heterocycles. The predicted molar refractivity (Wildman–Crippen MR) is 80.1 cm³/mol. The van der Waals surface area contributed by atoms with Crippen molar-refractivity contribution in [3.8, 4) is 11.8 Å². The second kappa shape index (κ2) is 6.29. The van der Waals surface area contributed by atoms with Gasteiger partial charge in [-0.1, -0.05) is 12.8 Å². The number of aliphatic hydroxyl groups is 1. The molecule has 0 amide bonds. The molecule has 3 rings (SSSR count). The number of hydrogen-bond acceptors (Lipinski definition) is 5. The van der Waals surface area contributed by atoms with Crippen LogP contribution in [0.25, 0.3) is 5.69 Å². The molecule has 0 atom stereocenters. The van der Waals surface area contributed by atoms with Gasteiger partial charge >= 0.3 is 0 Å². The third-order valence-electron chi connectivity index (χ3n) is 3.74. The van der Waals surface area contributed by atoms with Gasteiger partial charge in [-0.25, -0.2) is 4.98 Å². The fourth-order valence-corrected chi connectivity index (χ4v) is 4.00. The van der Waals surface area contributed by atoms with Crippen LogP contribution in [-0.2, 0) is 6.61 Å². The summed E-state index contributed by atoms with van der Waals surface area (Å²) in [6, 6.07) is 4.00. The lowest BCUT2D eigenvalue weighted by Gasteiger charge is -2.14. The van der Waals surface area contributed by atoms with Crippen molar-refractivity contribution in [1.82, 2.24) is 14.5 Å². The summed E-state index contributed by atoms with van der Waals surface area (Å²) in [6.07, 6.45) is 10.2. The molecule has 2 heterocycles. The Kier molecular flexibility index (Phi) is 4.23. The average Bonchev–Trinajstić information content (AvgIpc) is 3.16. The maximum Gasteiger partial charge on any atom is 0.164 e. The van der Waals surface area contributed by atoms with Crippen molar-refractivity contribution >= 4 is 11.8 Å². The molecule has 0 aliphatic heterocycles. The molecule has 108 valence electrons. The summed E-state index contributed by atoms with van der Waals surface area (Å²) in [5.74, 6) is 0. The molecule has 5 nitrogen and oxygen atoms in total. The Morgan fingerprint density at radius 3 is 2.95 bits per heavy atom. The monoisotopic (exact) mass is 300 g/mol. The Hall–Kier alpha value is -1.84. The van der Waals surface area contributed by atoms with E-state index in [0.717, 1.165) is 10.6 Å². The molecule has 1 aliphatic carbocycles. The quantitative estimate of drug-likeness (QED) is 0.939. The molecule has 0 unspecified atom stereocenters. The lowest BCUT2D eigenvalue weighted by atomic mass is 10.3. The highest BCUT2D eigenvalue weighted by Gasteiger charge is 2.19. The topological polar surface area (TPSA) is 74.7 Å². The molecule has 2 aromatic heterocycles. The maximum atomic E-state index is 9.52. The van der Waals surface area contributed by atoms with E-state index in [9.17, 15) is 5.11 Å². The highest BCUT2D eigenvalue weighted by molar-refractivity contribution is 8.00. The SMILES string of the molecule is N#Cc1ncn(-c2cnccc2SC2CCCC2)c1CO. The molecule has 0 spiro atoms. The number of rotatable bonds is 4. The Morgan fingerprint density at radius 1 is 1.43 bits per heavy atom. The van der Waals surface area contributed by atoms with Crippen LogP contribution in [0.5, 0.6) is 0 Å². The van der Waals surface area contributed by atoms with Crippen LogP contribution in [0.3, 0.4) is 0 Å². The molecule has 0 bridgehead atoms. The summed E-state index contributed by atoms with van der Waals surface area (Å²) < 4.78 is 1.77. The lowest BCUT2D eigenvalue weighted by Crippen LogP contribution is -2.04. The number of hydrogen-bond donors (Lipinski definition) is 1. The first-order valence-electron chi connectivity index (χ1n) is 7.01. The van der Waals surface area contributed by atoms with Crippen molar-refractivity contribution in [2.45, 2.75) is 42.4 Å².